The third-order valence-corrected chi connectivity index (χ3v) is 10.3. The standard InChI is InChI=1S/C44H39N3O3/c1-2-29-28-47(39-27-40(48)35-20-11-12-21-36(35)43(29)39)42(50)23-13-22-41(49)46-25-24-34-32-18-9-10-19-33(32)37(26-38(34)46)45-44(30-14-5-3-6-15-30)31-16-7-4-8-17-31/h3-12,14-21,26-27,29,48H,2,13,22-25,28H2,1H3/t29-/m1/s1. The average Bonchev–Trinajstić information content (AvgIpc) is 3.76. The fourth-order valence-corrected chi connectivity index (χ4v) is 7.87. The molecule has 0 spiro atoms. The molecule has 2 amide bonds. The highest BCUT2D eigenvalue weighted by Gasteiger charge is 2.34. The molecule has 6 nitrogen and oxygen atoms in total. The summed E-state index contributed by atoms with van der Waals surface area (Å²) in [4.78, 5) is 36.5. The van der Waals surface area contributed by atoms with Gasteiger partial charge in [0, 0.05) is 65.5 Å². The predicted octanol–water partition coefficient (Wildman–Crippen LogP) is 9.47. The number of aliphatic imine (C=N–C) groups is 1. The zero-order valence-electron chi connectivity index (χ0n) is 28.2. The van der Waals surface area contributed by atoms with E-state index in [0.717, 1.165) is 79.4 Å². The molecule has 6 aromatic carbocycles. The van der Waals surface area contributed by atoms with Gasteiger partial charge in [0.15, 0.2) is 0 Å². The fourth-order valence-electron chi connectivity index (χ4n) is 7.87. The molecule has 0 saturated carbocycles. The number of rotatable bonds is 8. The van der Waals surface area contributed by atoms with Gasteiger partial charge in [-0.15, -0.1) is 0 Å². The summed E-state index contributed by atoms with van der Waals surface area (Å²) in [5, 5.41) is 14.8. The van der Waals surface area contributed by atoms with Crippen LogP contribution in [0.25, 0.3) is 21.5 Å². The summed E-state index contributed by atoms with van der Waals surface area (Å²) in [7, 11) is 0. The lowest BCUT2D eigenvalue weighted by atomic mass is 9.93. The number of hydrogen-bond donors (Lipinski definition) is 1. The van der Waals surface area contributed by atoms with Crippen LogP contribution in [0.5, 0.6) is 5.75 Å². The lowest BCUT2D eigenvalue weighted by Gasteiger charge is -2.20. The van der Waals surface area contributed by atoms with Crippen LogP contribution in [0.15, 0.2) is 126 Å². The summed E-state index contributed by atoms with van der Waals surface area (Å²) in [5.41, 5.74) is 7.74. The van der Waals surface area contributed by atoms with E-state index in [2.05, 4.69) is 49.4 Å². The Balaban J connectivity index is 1.05. The number of carbonyl (C=O) groups excluding carboxylic acids is 2. The van der Waals surface area contributed by atoms with Crippen LogP contribution < -0.4 is 9.80 Å². The first-order valence-electron chi connectivity index (χ1n) is 17.6. The molecule has 0 bridgehead atoms. The van der Waals surface area contributed by atoms with E-state index in [1.165, 1.54) is 0 Å². The van der Waals surface area contributed by atoms with E-state index in [1.54, 1.807) is 6.07 Å². The number of hydrogen-bond acceptors (Lipinski definition) is 4. The van der Waals surface area contributed by atoms with Crippen molar-refractivity contribution in [1.82, 2.24) is 0 Å². The molecule has 0 unspecified atom stereocenters. The minimum atomic E-state index is -0.0107. The quantitative estimate of drug-likeness (QED) is 0.166. The van der Waals surface area contributed by atoms with Crippen molar-refractivity contribution in [3.63, 3.8) is 0 Å². The average molecular weight is 658 g/mol. The number of aromatic hydroxyl groups is 1. The van der Waals surface area contributed by atoms with Crippen LogP contribution in [-0.4, -0.2) is 35.7 Å². The molecular weight excluding hydrogens is 619 g/mol. The van der Waals surface area contributed by atoms with Gasteiger partial charge in [0.2, 0.25) is 11.8 Å². The smallest absolute Gasteiger partial charge is 0.227 e. The molecule has 6 aromatic rings. The van der Waals surface area contributed by atoms with Crippen LogP contribution in [0.4, 0.5) is 17.1 Å². The summed E-state index contributed by atoms with van der Waals surface area (Å²) >= 11 is 0. The van der Waals surface area contributed by atoms with E-state index >= 15 is 0 Å². The first-order chi connectivity index (χ1) is 24.5. The van der Waals surface area contributed by atoms with Gasteiger partial charge in [-0.05, 0) is 47.2 Å². The Hall–Kier alpha value is -5.75. The molecule has 0 saturated heterocycles. The molecule has 2 heterocycles. The van der Waals surface area contributed by atoms with Crippen molar-refractivity contribution in [3.05, 3.63) is 144 Å². The van der Waals surface area contributed by atoms with Crippen molar-refractivity contribution in [2.24, 2.45) is 4.99 Å². The van der Waals surface area contributed by atoms with Gasteiger partial charge in [0.05, 0.1) is 17.1 Å². The second-order valence-electron chi connectivity index (χ2n) is 13.3. The van der Waals surface area contributed by atoms with Crippen molar-refractivity contribution >= 4 is 56.1 Å². The number of amides is 2. The van der Waals surface area contributed by atoms with Gasteiger partial charge in [-0.3, -0.25) is 9.59 Å². The van der Waals surface area contributed by atoms with Crippen LogP contribution in [0, 0.1) is 0 Å². The zero-order valence-corrected chi connectivity index (χ0v) is 28.2. The minimum absolute atomic E-state index is 0.0107. The predicted molar refractivity (Wildman–Crippen MR) is 203 cm³/mol. The maximum atomic E-state index is 13.8. The van der Waals surface area contributed by atoms with Gasteiger partial charge < -0.3 is 14.9 Å². The van der Waals surface area contributed by atoms with E-state index in [-0.39, 0.29) is 36.3 Å². The van der Waals surface area contributed by atoms with Gasteiger partial charge in [0.25, 0.3) is 0 Å². The summed E-state index contributed by atoms with van der Waals surface area (Å²) < 4.78 is 0. The maximum absolute atomic E-state index is 13.8. The largest absolute Gasteiger partial charge is 0.507 e. The third-order valence-electron chi connectivity index (χ3n) is 10.3. The Morgan fingerprint density at radius 1 is 0.700 bits per heavy atom. The fraction of sp³-hybridized carbons (Fsp3) is 0.205. The highest BCUT2D eigenvalue weighted by Crippen LogP contribution is 2.46. The molecule has 2 aliphatic rings. The van der Waals surface area contributed by atoms with E-state index in [4.69, 9.17) is 4.99 Å². The van der Waals surface area contributed by atoms with E-state index in [0.29, 0.717) is 19.5 Å². The summed E-state index contributed by atoms with van der Waals surface area (Å²) in [6.45, 7) is 3.34. The van der Waals surface area contributed by atoms with Gasteiger partial charge in [-0.25, -0.2) is 4.99 Å². The second-order valence-corrected chi connectivity index (χ2v) is 13.3. The van der Waals surface area contributed by atoms with Gasteiger partial charge >= 0.3 is 0 Å². The zero-order chi connectivity index (χ0) is 34.2. The van der Waals surface area contributed by atoms with Crippen LogP contribution >= 0.6 is 0 Å². The number of carbonyl (C=O) groups is 2. The summed E-state index contributed by atoms with van der Waals surface area (Å²) in [6.07, 6.45) is 2.67. The number of nitrogens with zero attached hydrogens (tertiary/aromatic N) is 3. The molecular formula is C44H39N3O3. The first-order valence-corrected chi connectivity index (χ1v) is 17.6. The van der Waals surface area contributed by atoms with E-state index < -0.39 is 0 Å². The SMILES string of the molecule is CC[C@@H]1CN(C(=O)CCCC(=O)N2CCc3c2cc(N=C(c2ccccc2)c2ccccc2)c2ccccc32)c2cc(O)c3ccccc3c21. The molecule has 50 heavy (non-hydrogen) atoms. The van der Waals surface area contributed by atoms with Crippen molar-refractivity contribution in [3.8, 4) is 5.75 Å². The summed E-state index contributed by atoms with van der Waals surface area (Å²) in [5.74, 6) is 0.402. The topological polar surface area (TPSA) is 73.2 Å². The molecule has 1 atom stereocenters. The Kier molecular flexibility index (Phi) is 8.37. The van der Waals surface area contributed by atoms with Gasteiger partial charge in [-0.1, -0.05) is 116 Å². The second kappa shape index (κ2) is 13.3. The molecule has 0 radical (unpaired) electrons. The molecule has 248 valence electrons. The molecule has 6 heteroatoms. The molecule has 8 rings (SSSR count). The van der Waals surface area contributed by atoms with Crippen LogP contribution in [0.3, 0.4) is 0 Å². The lowest BCUT2D eigenvalue weighted by molar-refractivity contribution is -0.119. The summed E-state index contributed by atoms with van der Waals surface area (Å²) in [6, 6.07) is 40.4. The normalized spacial score (nSPS) is 14.9. The lowest BCUT2D eigenvalue weighted by Crippen LogP contribution is -2.31. The van der Waals surface area contributed by atoms with E-state index in [1.807, 2.05) is 82.6 Å². The molecule has 0 aromatic heterocycles. The van der Waals surface area contributed by atoms with Crippen LogP contribution in [0.2, 0.25) is 0 Å². The highest BCUT2D eigenvalue weighted by molar-refractivity contribution is 6.16. The monoisotopic (exact) mass is 657 g/mol. The third kappa shape index (κ3) is 5.61. The van der Waals surface area contributed by atoms with Crippen molar-refractivity contribution < 1.29 is 14.7 Å². The minimum Gasteiger partial charge on any atom is -0.507 e. The first kappa shape index (κ1) is 31.5. The molecule has 1 N–H and O–H groups in total. The Bertz CT molecular complexity index is 2240. The Labute approximate surface area is 292 Å². The maximum Gasteiger partial charge on any atom is 0.227 e. The highest BCUT2D eigenvalue weighted by atomic mass is 16.3. The molecule has 0 aliphatic carbocycles. The number of phenols is 1. The number of benzene rings is 6. The number of phenolic OH excluding ortho intramolecular Hbond substituents is 1. The number of fused-ring (bicyclic) bond motifs is 6. The van der Waals surface area contributed by atoms with Crippen LogP contribution in [-0.2, 0) is 16.0 Å². The van der Waals surface area contributed by atoms with Gasteiger partial charge in [-0.2, -0.15) is 0 Å². The van der Waals surface area contributed by atoms with Crippen molar-refractivity contribution in [2.75, 3.05) is 22.9 Å². The number of anilines is 2. The van der Waals surface area contributed by atoms with Gasteiger partial charge in [0.1, 0.15) is 5.75 Å². The molecule has 2 aliphatic heterocycles. The Morgan fingerprint density at radius 2 is 1.28 bits per heavy atom. The van der Waals surface area contributed by atoms with E-state index in [9.17, 15) is 14.7 Å². The van der Waals surface area contributed by atoms with Crippen LogP contribution in [0.1, 0.15) is 60.8 Å². The van der Waals surface area contributed by atoms with Crippen molar-refractivity contribution in [1.29, 1.82) is 0 Å². The Morgan fingerprint density at radius 3 is 1.94 bits per heavy atom. The molecule has 0 fully saturated rings. The van der Waals surface area contributed by atoms with Crippen molar-refractivity contribution in [2.45, 2.75) is 44.9 Å².